The lowest BCUT2D eigenvalue weighted by atomic mass is 10.1. The molecule has 0 spiro atoms. The summed E-state index contributed by atoms with van der Waals surface area (Å²) in [5.41, 5.74) is 0. The van der Waals surface area contributed by atoms with Gasteiger partial charge >= 0.3 is 0 Å². The van der Waals surface area contributed by atoms with Gasteiger partial charge in [0.25, 0.3) is 0 Å². The molecule has 0 aromatic rings. The Morgan fingerprint density at radius 2 is 0.828 bits per heavy atom. The third-order valence-electron chi connectivity index (χ3n) is 6.52. The van der Waals surface area contributed by atoms with E-state index in [2.05, 4.69) is 49.9 Å². The maximum atomic E-state index is 2.62. The maximum absolute atomic E-state index is 2.62. The van der Waals surface area contributed by atoms with Crippen LogP contribution in [0.5, 0.6) is 0 Å². The van der Waals surface area contributed by atoms with E-state index in [1.165, 1.54) is 122 Å². The molecule has 0 aromatic heterocycles. The molecule has 0 N–H and O–H groups in total. The van der Waals surface area contributed by atoms with Crippen molar-refractivity contribution in [3.05, 3.63) is 12.4 Å². The quantitative estimate of drug-likeness (QED) is 0.186. The average molecular weight is 407 g/mol. The van der Waals surface area contributed by atoms with Crippen LogP contribution < -0.4 is 0 Å². The van der Waals surface area contributed by atoms with Crippen molar-refractivity contribution < 1.29 is 0 Å². The highest BCUT2D eigenvalue weighted by Gasteiger charge is 2.28. The zero-order chi connectivity index (χ0) is 21.2. The minimum absolute atomic E-state index is 0.591. The van der Waals surface area contributed by atoms with E-state index in [-0.39, 0.29) is 0 Å². The molecule has 1 heterocycles. The standard InChI is InChI=1S/C27H54N2/c1-5-7-9-11-13-14-15-16-17-19-21-23-29-25-24-28(27(29)26(3)4)22-20-18-12-10-8-6-2/h24-27H,5-23H2,1-4H3. The van der Waals surface area contributed by atoms with Crippen LogP contribution in [0.1, 0.15) is 137 Å². The summed E-state index contributed by atoms with van der Waals surface area (Å²) in [6.07, 6.45) is 29.4. The largest absolute Gasteiger partial charge is 0.356 e. The van der Waals surface area contributed by atoms with Crippen LogP contribution in [0.3, 0.4) is 0 Å². The van der Waals surface area contributed by atoms with E-state index in [1.54, 1.807) is 0 Å². The topological polar surface area (TPSA) is 6.48 Å². The average Bonchev–Trinajstić information content (AvgIpc) is 3.11. The van der Waals surface area contributed by atoms with Crippen LogP contribution in [0.15, 0.2) is 12.4 Å². The van der Waals surface area contributed by atoms with Gasteiger partial charge in [0.2, 0.25) is 0 Å². The normalized spacial score (nSPS) is 16.5. The van der Waals surface area contributed by atoms with Crippen LogP contribution in [0.2, 0.25) is 0 Å². The van der Waals surface area contributed by atoms with Crippen molar-refractivity contribution in [2.45, 2.75) is 143 Å². The molecule has 1 aliphatic rings. The van der Waals surface area contributed by atoms with E-state index in [9.17, 15) is 0 Å². The fourth-order valence-electron chi connectivity index (χ4n) is 4.75. The highest BCUT2D eigenvalue weighted by Crippen LogP contribution is 2.24. The highest BCUT2D eigenvalue weighted by molar-refractivity contribution is 4.98. The van der Waals surface area contributed by atoms with Gasteiger partial charge in [-0.15, -0.1) is 0 Å². The first-order chi connectivity index (χ1) is 14.2. The molecule has 0 saturated heterocycles. The van der Waals surface area contributed by atoms with E-state index in [4.69, 9.17) is 0 Å². The summed E-state index contributed by atoms with van der Waals surface area (Å²) in [7, 11) is 0. The lowest BCUT2D eigenvalue weighted by Crippen LogP contribution is -2.43. The zero-order valence-electron chi connectivity index (χ0n) is 20.6. The van der Waals surface area contributed by atoms with Crippen molar-refractivity contribution in [2.24, 2.45) is 5.92 Å². The van der Waals surface area contributed by atoms with Crippen LogP contribution in [0.4, 0.5) is 0 Å². The fourth-order valence-corrected chi connectivity index (χ4v) is 4.75. The van der Waals surface area contributed by atoms with Crippen molar-refractivity contribution in [1.82, 2.24) is 9.80 Å². The molecule has 0 aliphatic carbocycles. The molecular weight excluding hydrogens is 352 g/mol. The molecule has 0 radical (unpaired) electrons. The van der Waals surface area contributed by atoms with Gasteiger partial charge in [-0.1, -0.05) is 124 Å². The van der Waals surface area contributed by atoms with Gasteiger partial charge in [0.1, 0.15) is 6.17 Å². The molecule has 1 unspecified atom stereocenters. The first-order valence-corrected chi connectivity index (χ1v) is 13.4. The van der Waals surface area contributed by atoms with E-state index in [0.717, 1.165) is 0 Å². The Bertz CT molecular complexity index is 377. The van der Waals surface area contributed by atoms with E-state index < -0.39 is 0 Å². The highest BCUT2D eigenvalue weighted by atomic mass is 15.4. The number of hydrogen-bond donors (Lipinski definition) is 0. The second kappa shape index (κ2) is 18.1. The van der Waals surface area contributed by atoms with Gasteiger partial charge in [0, 0.05) is 25.5 Å². The molecule has 0 saturated carbocycles. The Morgan fingerprint density at radius 1 is 0.517 bits per heavy atom. The lowest BCUT2D eigenvalue weighted by molar-refractivity contribution is 0.104. The van der Waals surface area contributed by atoms with Gasteiger partial charge in [-0.25, -0.2) is 0 Å². The van der Waals surface area contributed by atoms with Gasteiger partial charge in [-0.05, 0) is 18.8 Å². The van der Waals surface area contributed by atoms with Crippen molar-refractivity contribution in [3.63, 3.8) is 0 Å². The summed E-state index contributed by atoms with van der Waals surface area (Å²) in [6.45, 7) is 11.9. The third kappa shape index (κ3) is 12.6. The summed E-state index contributed by atoms with van der Waals surface area (Å²) >= 11 is 0. The number of rotatable bonds is 20. The zero-order valence-corrected chi connectivity index (χ0v) is 20.6. The third-order valence-corrected chi connectivity index (χ3v) is 6.52. The first kappa shape index (κ1) is 26.4. The summed E-state index contributed by atoms with van der Waals surface area (Å²) in [4.78, 5) is 5.23. The van der Waals surface area contributed by atoms with E-state index in [0.29, 0.717) is 12.1 Å². The molecule has 1 atom stereocenters. The maximum Gasteiger partial charge on any atom is 0.103 e. The van der Waals surface area contributed by atoms with Crippen molar-refractivity contribution in [2.75, 3.05) is 13.1 Å². The van der Waals surface area contributed by atoms with Crippen LogP contribution in [0, 0.1) is 5.92 Å². The Morgan fingerprint density at radius 3 is 1.14 bits per heavy atom. The van der Waals surface area contributed by atoms with Crippen LogP contribution in [0.25, 0.3) is 0 Å². The molecule has 0 amide bonds. The van der Waals surface area contributed by atoms with Crippen LogP contribution in [-0.4, -0.2) is 29.1 Å². The summed E-state index contributed by atoms with van der Waals surface area (Å²) in [6, 6.07) is 0. The summed E-state index contributed by atoms with van der Waals surface area (Å²) in [5.74, 6) is 0.692. The molecule has 0 fully saturated rings. The molecule has 1 rings (SSSR count). The molecule has 2 heteroatoms. The van der Waals surface area contributed by atoms with Crippen molar-refractivity contribution in [1.29, 1.82) is 0 Å². The predicted molar refractivity (Wildman–Crippen MR) is 131 cm³/mol. The Labute approximate surface area is 184 Å². The smallest absolute Gasteiger partial charge is 0.103 e. The second-order valence-electron chi connectivity index (χ2n) is 9.73. The first-order valence-electron chi connectivity index (χ1n) is 13.4. The molecule has 1 aliphatic heterocycles. The lowest BCUT2D eigenvalue weighted by Gasteiger charge is -2.36. The van der Waals surface area contributed by atoms with Gasteiger partial charge < -0.3 is 9.80 Å². The predicted octanol–water partition coefficient (Wildman–Crippen LogP) is 8.73. The monoisotopic (exact) mass is 406 g/mol. The van der Waals surface area contributed by atoms with E-state index >= 15 is 0 Å². The number of unbranched alkanes of at least 4 members (excludes halogenated alkanes) is 15. The minimum Gasteiger partial charge on any atom is -0.356 e. The molecule has 0 aromatic carbocycles. The minimum atomic E-state index is 0.591. The number of nitrogens with zero attached hydrogens (tertiary/aromatic N) is 2. The SMILES string of the molecule is CCCCCCCCCCCCCN1C=CN(CCCCCCCC)C1C(C)C. The van der Waals surface area contributed by atoms with Crippen molar-refractivity contribution >= 4 is 0 Å². The van der Waals surface area contributed by atoms with Crippen LogP contribution in [-0.2, 0) is 0 Å². The number of hydrogen-bond acceptors (Lipinski definition) is 2. The Balaban J connectivity index is 2.07. The van der Waals surface area contributed by atoms with Gasteiger partial charge in [-0.3, -0.25) is 0 Å². The Hall–Kier alpha value is -0.660. The molecule has 2 nitrogen and oxygen atoms in total. The molecular formula is C27H54N2. The van der Waals surface area contributed by atoms with E-state index in [1.807, 2.05) is 0 Å². The molecule has 29 heavy (non-hydrogen) atoms. The van der Waals surface area contributed by atoms with Gasteiger partial charge in [0.05, 0.1) is 0 Å². The van der Waals surface area contributed by atoms with Crippen molar-refractivity contribution in [3.8, 4) is 0 Å². The summed E-state index contributed by atoms with van der Waals surface area (Å²) in [5, 5.41) is 0. The second-order valence-corrected chi connectivity index (χ2v) is 9.73. The van der Waals surface area contributed by atoms with Crippen LogP contribution >= 0.6 is 0 Å². The molecule has 172 valence electrons. The fraction of sp³-hybridized carbons (Fsp3) is 0.926. The summed E-state index contributed by atoms with van der Waals surface area (Å²) < 4.78 is 0. The van der Waals surface area contributed by atoms with Gasteiger partial charge in [-0.2, -0.15) is 0 Å². The Kier molecular flexibility index (Phi) is 16.5. The molecule has 0 bridgehead atoms. The van der Waals surface area contributed by atoms with Gasteiger partial charge in [0.15, 0.2) is 0 Å².